The average Bonchev–Trinajstić information content (AvgIpc) is 2.83. The molecule has 1 saturated heterocycles. The van der Waals surface area contributed by atoms with Gasteiger partial charge in [-0.25, -0.2) is 13.4 Å². The van der Waals surface area contributed by atoms with E-state index in [4.69, 9.17) is 4.74 Å². The Balaban J connectivity index is 1.75. The van der Waals surface area contributed by atoms with Crippen molar-refractivity contribution in [1.29, 1.82) is 0 Å². The molecular formula is C24H28N4O4S. The maximum absolute atomic E-state index is 13.3. The molecule has 33 heavy (non-hydrogen) atoms. The van der Waals surface area contributed by atoms with Crippen LogP contribution in [-0.4, -0.2) is 67.4 Å². The van der Waals surface area contributed by atoms with E-state index < -0.39 is 10.0 Å². The lowest BCUT2D eigenvalue weighted by Crippen LogP contribution is -2.47. The molecule has 174 valence electrons. The molecule has 1 aliphatic heterocycles. The van der Waals surface area contributed by atoms with E-state index in [2.05, 4.69) is 14.9 Å². The van der Waals surface area contributed by atoms with Gasteiger partial charge in [0, 0.05) is 32.4 Å². The molecule has 1 fully saturated rings. The number of ether oxygens (including phenoxy) is 1. The lowest BCUT2D eigenvalue weighted by molar-refractivity contribution is 0.222. The Labute approximate surface area is 193 Å². The largest absolute Gasteiger partial charge is 0.493 e. The maximum atomic E-state index is 13.3. The van der Waals surface area contributed by atoms with Crippen molar-refractivity contribution in [3.05, 3.63) is 65.1 Å². The number of aromatic amines is 1. The molecular weight excluding hydrogens is 440 g/mol. The summed E-state index contributed by atoms with van der Waals surface area (Å²) in [4.78, 5) is 22.3. The summed E-state index contributed by atoms with van der Waals surface area (Å²) in [6.07, 6.45) is 2.30. The van der Waals surface area contributed by atoms with Gasteiger partial charge in [-0.05, 0) is 37.2 Å². The number of nitrogens with zero attached hydrogens (tertiary/aromatic N) is 3. The fourth-order valence-corrected chi connectivity index (χ4v) is 5.17. The summed E-state index contributed by atoms with van der Waals surface area (Å²) in [5.41, 5.74) is 1.33. The highest BCUT2D eigenvalue weighted by Crippen LogP contribution is 2.32. The predicted molar refractivity (Wildman–Crippen MR) is 128 cm³/mol. The van der Waals surface area contributed by atoms with Crippen LogP contribution in [-0.2, 0) is 10.0 Å². The van der Waals surface area contributed by atoms with Gasteiger partial charge in [-0.15, -0.1) is 0 Å². The number of aromatic nitrogens is 2. The molecule has 0 radical (unpaired) electrons. The van der Waals surface area contributed by atoms with E-state index in [0.717, 1.165) is 12.0 Å². The summed E-state index contributed by atoms with van der Waals surface area (Å²) in [7, 11) is -1.71. The Morgan fingerprint density at radius 2 is 1.76 bits per heavy atom. The Kier molecular flexibility index (Phi) is 6.92. The molecule has 0 bridgehead atoms. The molecule has 3 aromatic rings. The Bertz CT molecular complexity index is 1270. The van der Waals surface area contributed by atoms with Gasteiger partial charge in [-0.2, -0.15) is 4.31 Å². The number of hydrogen-bond donors (Lipinski definition) is 1. The monoisotopic (exact) mass is 468 g/mol. The number of H-pyrrole nitrogens is 1. The molecule has 4 rings (SSSR count). The molecule has 0 unspecified atom stereocenters. The summed E-state index contributed by atoms with van der Waals surface area (Å²) < 4.78 is 33.9. The summed E-state index contributed by atoms with van der Waals surface area (Å²) in [5.74, 6) is 0.742. The van der Waals surface area contributed by atoms with Gasteiger partial charge >= 0.3 is 0 Å². The molecule has 9 heteroatoms. The van der Waals surface area contributed by atoms with Crippen molar-refractivity contribution in [2.45, 2.75) is 18.2 Å². The minimum Gasteiger partial charge on any atom is -0.493 e. The molecule has 0 saturated carbocycles. The maximum Gasteiger partial charge on any atom is 0.259 e. The van der Waals surface area contributed by atoms with E-state index in [1.54, 1.807) is 18.2 Å². The number of likely N-dealkylation sites (N-methyl/N-ethyl adjacent to an activating group) is 1. The van der Waals surface area contributed by atoms with Crippen molar-refractivity contribution in [1.82, 2.24) is 19.2 Å². The highest BCUT2D eigenvalue weighted by atomic mass is 32.2. The lowest BCUT2D eigenvalue weighted by Gasteiger charge is -2.31. The van der Waals surface area contributed by atoms with Crippen molar-refractivity contribution in [2.24, 2.45) is 0 Å². The molecule has 0 amide bonds. The fraction of sp³-hybridized carbons (Fsp3) is 0.333. The van der Waals surface area contributed by atoms with E-state index in [9.17, 15) is 13.2 Å². The zero-order valence-corrected chi connectivity index (χ0v) is 19.6. The molecule has 1 N–H and O–H groups in total. The zero-order chi connectivity index (χ0) is 23.4. The number of benzene rings is 2. The summed E-state index contributed by atoms with van der Waals surface area (Å²) in [5, 5.41) is 0. The van der Waals surface area contributed by atoms with Gasteiger partial charge in [0.15, 0.2) is 0 Å². The van der Waals surface area contributed by atoms with E-state index in [1.165, 1.54) is 10.5 Å². The first-order valence-corrected chi connectivity index (χ1v) is 12.4. The number of hydrogen-bond acceptors (Lipinski definition) is 6. The van der Waals surface area contributed by atoms with Gasteiger partial charge in [0.1, 0.15) is 11.6 Å². The quantitative estimate of drug-likeness (QED) is 0.573. The van der Waals surface area contributed by atoms with Crippen molar-refractivity contribution >= 4 is 10.0 Å². The molecule has 8 nitrogen and oxygen atoms in total. The van der Waals surface area contributed by atoms with Crippen molar-refractivity contribution in [3.8, 4) is 28.3 Å². The van der Waals surface area contributed by atoms with Crippen LogP contribution in [0.1, 0.15) is 13.3 Å². The summed E-state index contributed by atoms with van der Waals surface area (Å²) >= 11 is 0. The van der Waals surface area contributed by atoms with Crippen LogP contribution >= 0.6 is 0 Å². The van der Waals surface area contributed by atoms with Crippen LogP contribution < -0.4 is 10.3 Å². The molecule has 1 aliphatic rings. The molecule has 2 heterocycles. The minimum absolute atomic E-state index is 0.153. The topological polar surface area (TPSA) is 95.6 Å². The molecule has 0 aliphatic carbocycles. The first-order valence-electron chi connectivity index (χ1n) is 11.0. The Hall–Kier alpha value is -3.01. The second-order valence-corrected chi connectivity index (χ2v) is 9.99. The smallest absolute Gasteiger partial charge is 0.259 e. The van der Waals surface area contributed by atoms with E-state index in [1.807, 2.05) is 44.3 Å². The molecule has 2 aromatic carbocycles. The van der Waals surface area contributed by atoms with Crippen molar-refractivity contribution in [2.75, 3.05) is 39.8 Å². The van der Waals surface area contributed by atoms with Gasteiger partial charge in [0.25, 0.3) is 5.56 Å². The van der Waals surface area contributed by atoms with Gasteiger partial charge in [-0.3, -0.25) is 4.79 Å². The third kappa shape index (κ3) is 5.00. The van der Waals surface area contributed by atoms with Crippen LogP contribution in [0.5, 0.6) is 5.75 Å². The van der Waals surface area contributed by atoms with Crippen LogP contribution in [0.25, 0.3) is 22.5 Å². The SMILES string of the molecule is CCCOc1ccc(S(=O)(=O)N2CCN(C)CC2)cc1-c1ncc(-c2ccccc2)c(=O)[nH]1. The van der Waals surface area contributed by atoms with Crippen LogP contribution in [0.4, 0.5) is 0 Å². The third-order valence-corrected chi connectivity index (χ3v) is 7.55. The van der Waals surface area contributed by atoms with Crippen LogP contribution in [0.15, 0.2) is 64.4 Å². The highest BCUT2D eigenvalue weighted by Gasteiger charge is 2.28. The normalized spacial score (nSPS) is 15.5. The highest BCUT2D eigenvalue weighted by molar-refractivity contribution is 7.89. The summed E-state index contributed by atoms with van der Waals surface area (Å²) in [6.45, 7) is 4.68. The van der Waals surface area contributed by atoms with E-state index in [0.29, 0.717) is 49.7 Å². The standard InChI is InChI=1S/C24H28N4O4S/c1-3-15-32-22-10-9-19(33(30,31)28-13-11-27(2)12-14-28)16-20(22)23-25-17-21(24(29)26-23)18-7-5-4-6-8-18/h4-10,16-17H,3,11-15H2,1-2H3,(H,25,26,29). The van der Waals surface area contributed by atoms with Gasteiger partial charge < -0.3 is 14.6 Å². The Morgan fingerprint density at radius 3 is 2.42 bits per heavy atom. The number of sulfonamides is 1. The predicted octanol–water partition coefficient (Wildman–Crippen LogP) is 2.83. The van der Waals surface area contributed by atoms with E-state index >= 15 is 0 Å². The van der Waals surface area contributed by atoms with Crippen molar-refractivity contribution in [3.63, 3.8) is 0 Å². The number of nitrogens with one attached hydrogen (secondary N) is 1. The molecule has 0 spiro atoms. The van der Waals surface area contributed by atoms with Crippen LogP contribution in [0.2, 0.25) is 0 Å². The number of piperazine rings is 1. The lowest BCUT2D eigenvalue weighted by atomic mass is 10.1. The second kappa shape index (κ2) is 9.86. The molecule has 1 aromatic heterocycles. The first-order chi connectivity index (χ1) is 15.9. The first kappa shape index (κ1) is 23.2. The molecule has 0 atom stereocenters. The average molecular weight is 469 g/mol. The van der Waals surface area contributed by atoms with Crippen LogP contribution in [0.3, 0.4) is 0 Å². The minimum atomic E-state index is -3.68. The van der Waals surface area contributed by atoms with Gasteiger partial charge in [0.05, 0.1) is 22.6 Å². The van der Waals surface area contributed by atoms with Gasteiger partial charge in [0.2, 0.25) is 10.0 Å². The zero-order valence-electron chi connectivity index (χ0n) is 18.8. The Morgan fingerprint density at radius 1 is 1.03 bits per heavy atom. The summed E-state index contributed by atoms with van der Waals surface area (Å²) in [6, 6.07) is 14.0. The third-order valence-electron chi connectivity index (χ3n) is 5.65. The second-order valence-electron chi connectivity index (χ2n) is 8.05. The van der Waals surface area contributed by atoms with Crippen LogP contribution in [0, 0.1) is 0 Å². The fourth-order valence-electron chi connectivity index (χ4n) is 3.73. The number of rotatable bonds is 7. The van der Waals surface area contributed by atoms with Gasteiger partial charge in [-0.1, -0.05) is 37.3 Å². The van der Waals surface area contributed by atoms with Crippen molar-refractivity contribution < 1.29 is 13.2 Å². The van der Waals surface area contributed by atoms with E-state index in [-0.39, 0.29) is 16.3 Å².